The molecule has 0 aromatic heterocycles. The number of urea groups is 1. The Morgan fingerprint density at radius 3 is 2.79 bits per heavy atom. The van der Waals surface area contributed by atoms with Crippen LogP contribution in [0.4, 0.5) is 4.79 Å². The molecule has 2 amide bonds. The highest BCUT2D eigenvalue weighted by Gasteiger charge is 2.31. The van der Waals surface area contributed by atoms with E-state index in [4.69, 9.17) is 16.6 Å². The monoisotopic (exact) mass is 268 g/mol. The highest BCUT2D eigenvalue weighted by Crippen LogP contribution is 2.22. The van der Waals surface area contributed by atoms with Crippen molar-refractivity contribution in [2.75, 3.05) is 26.2 Å². The zero-order valence-corrected chi connectivity index (χ0v) is 10.9. The van der Waals surface area contributed by atoms with Crippen molar-refractivity contribution < 1.29 is 19.8 Å². The summed E-state index contributed by atoms with van der Waals surface area (Å²) in [5.41, 5.74) is 0. The number of nitrogens with zero attached hydrogens (tertiary/aromatic N) is 2. The number of hydrogen-bond acceptors (Lipinski definition) is 3. The van der Waals surface area contributed by atoms with E-state index < -0.39 is 5.97 Å². The van der Waals surface area contributed by atoms with Gasteiger partial charge in [0.1, 0.15) is 6.54 Å². The number of carbonyl (C=O) groups excluding carboxylic acids is 1. The van der Waals surface area contributed by atoms with Gasteiger partial charge in [0.25, 0.3) is 0 Å². The van der Waals surface area contributed by atoms with Gasteiger partial charge in [0, 0.05) is 19.2 Å². The molecule has 0 aromatic carbocycles. The van der Waals surface area contributed by atoms with Crippen molar-refractivity contribution in [3.8, 4) is 12.3 Å². The lowest BCUT2D eigenvalue weighted by Crippen LogP contribution is -2.47. The van der Waals surface area contributed by atoms with E-state index in [0.717, 1.165) is 19.3 Å². The zero-order chi connectivity index (χ0) is 14.3. The number of carboxylic acids is 1. The number of hydrogen-bond donors (Lipinski definition) is 2. The van der Waals surface area contributed by atoms with E-state index in [2.05, 4.69) is 5.92 Å². The van der Waals surface area contributed by atoms with Gasteiger partial charge >= 0.3 is 12.0 Å². The Morgan fingerprint density at radius 2 is 2.21 bits per heavy atom. The molecule has 1 aliphatic rings. The predicted octanol–water partition coefficient (Wildman–Crippen LogP) is 0.363. The number of aliphatic hydroxyl groups is 1. The summed E-state index contributed by atoms with van der Waals surface area (Å²) in [6.45, 7) is 0.331. The number of carboxylic acid groups (broad SMARTS) is 1. The molecule has 0 spiro atoms. The molecule has 1 heterocycles. The van der Waals surface area contributed by atoms with Crippen LogP contribution in [-0.4, -0.2) is 64.3 Å². The molecule has 1 fully saturated rings. The lowest BCUT2D eigenvalue weighted by Gasteiger charge is -2.30. The van der Waals surface area contributed by atoms with Gasteiger partial charge in [0.2, 0.25) is 0 Å². The van der Waals surface area contributed by atoms with Crippen LogP contribution in [-0.2, 0) is 4.79 Å². The van der Waals surface area contributed by atoms with Gasteiger partial charge < -0.3 is 20.0 Å². The molecule has 1 aliphatic heterocycles. The Bertz CT molecular complexity index is 364. The summed E-state index contributed by atoms with van der Waals surface area (Å²) in [7, 11) is 0. The average Bonchev–Trinajstić information content (AvgIpc) is 2.82. The third kappa shape index (κ3) is 4.45. The summed E-state index contributed by atoms with van der Waals surface area (Å²) in [5.74, 6) is 1.24. The maximum absolute atomic E-state index is 12.3. The number of aliphatic hydroxyl groups excluding tert-OH is 1. The van der Waals surface area contributed by atoms with Crippen LogP contribution in [0, 0.1) is 12.3 Å². The van der Waals surface area contributed by atoms with Gasteiger partial charge in [-0.2, -0.15) is 0 Å². The Hall–Kier alpha value is -1.74. The molecular weight excluding hydrogens is 248 g/mol. The Labute approximate surface area is 113 Å². The standard InChI is InChI=1S/C13H20N2O4/c1-2-7-14(10-12(17)18)13(19)15-8-3-5-11(15)6-4-9-16/h1,11,16H,3-10H2,(H,17,18). The molecule has 6 heteroatoms. The van der Waals surface area contributed by atoms with Gasteiger partial charge in [-0.25, -0.2) is 4.79 Å². The Morgan fingerprint density at radius 1 is 1.47 bits per heavy atom. The lowest BCUT2D eigenvalue weighted by atomic mass is 10.1. The fourth-order valence-corrected chi connectivity index (χ4v) is 2.36. The smallest absolute Gasteiger partial charge is 0.323 e. The van der Waals surface area contributed by atoms with Gasteiger partial charge in [-0.1, -0.05) is 5.92 Å². The molecule has 6 nitrogen and oxygen atoms in total. The minimum absolute atomic E-state index is 0.00560. The largest absolute Gasteiger partial charge is 0.480 e. The normalized spacial score (nSPS) is 18.1. The number of amides is 2. The number of rotatable bonds is 6. The third-order valence-corrected chi connectivity index (χ3v) is 3.20. The summed E-state index contributed by atoms with van der Waals surface area (Å²) >= 11 is 0. The maximum atomic E-state index is 12.3. The molecule has 19 heavy (non-hydrogen) atoms. The van der Waals surface area contributed by atoms with Crippen molar-refractivity contribution in [3.05, 3.63) is 0 Å². The molecule has 0 bridgehead atoms. The molecule has 0 aromatic rings. The van der Waals surface area contributed by atoms with E-state index in [9.17, 15) is 9.59 Å². The molecule has 1 atom stereocenters. The van der Waals surface area contributed by atoms with Crippen molar-refractivity contribution in [2.24, 2.45) is 0 Å². The van der Waals surface area contributed by atoms with E-state index in [1.54, 1.807) is 4.90 Å². The summed E-state index contributed by atoms with van der Waals surface area (Å²) in [6.07, 6.45) is 8.34. The minimum Gasteiger partial charge on any atom is -0.480 e. The molecule has 0 radical (unpaired) electrons. The summed E-state index contributed by atoms with van der Waals surface area (Å²) in [5, 5.41) is 17.6. The SMILES string of the molecule is C#CCN(CC(=O)O)C(=O)N1CCCC1CCCO. The van der Waals surface area contributed by atoms with Crippen LogP contribution in [0.25, 0.3) is 0 Å². The van der Waals surface area contributed by atoms with Crippen molar-refractivity contribution in [1.29, 1.82) is 0 Å². The summed E-state index contributed by atoms with van der Waals surface area (Å²) in [6, 6.07) is -0.241. The first kappa shape index (κ1) is 15.3. The third-order valence-electron chi connectivity index (χ3n) is 3.20. The van der Waals surface area contributed by atoms with E-state index in [1.807, 2.05) is 0 Å². The lowest BCUT2D eigenvalue weighted by molar-refractivity contribution is -0.137. The average molecular weight is 268 g/mol. The molecule has 106 valence electrons. The van der Waals surface area contributed by atoms with Crippen LogP contribution in [0.15, 0.2) is 0 Å². The van der Waals surface area contributed by atoms with E-state index >= 15 is 0 Å². The van der Waals surface area contributed by atoms with E-state index in [1.165, 1.54) is 4.90 Å². The number of aliphatic carboxylic acids is 1. The number of likely N-dealkylation sites (tertiary alicyclic amines) is 1. The first-order valence-corrected chi connectivity index (χ1v) is 6.41. The molecule has 1 saturated heterocycles. The first-order valence-electron chi connectivity index (χ1n) is 6.41. The molecule has 1 rings (SSSR count). The predicted molar refractivity (Wildman–Crippen MR) is 69.5 cm³/mol. The number of carbonyl (C=O) groups is 2. The van der Waals surface area contributed by atoms with Crippen LogP contribution in [0.1, 0.15) is 25.7 Å². The maximum Gasteiger partial charge on any atom is 0.323 e. The van der Waals surface area contributed by atoms with Crippen LogP contribution < -0.4 is 0 Å². The summed E-state index contributed by atoms with van der Waals surface area (Å²) in [4.78, 5) is 25.9. The van der Waals surface area contributed by atoms with Crippen LogP contribution in [0.5, 0.6) is 0 Å². The van der Waals surface area contributed by atoms with Crippen LogP contribution in [0.3, 0.4) is 0 Å². The fourth-order valence-electron chi connectivity index (χ4n) is 2.36. The fraction of sp³-hybridized carbons (Fsp3) is 0.692. The Kier molecular flexibility index (Phi) is 6.16. The second-order valence-electron chi connectivity index (χ2n) is 4.59. The van der Waals surface area contributed by atoms with E-state index in [0.29, 0.717) is 13.0 Å². The summed E-state index contributed by atoms with van der Waals surface area (Å²) < 4.78 is 0. The van der Waals surface area contributed by atoms with Gasteiger partial charge in [0.05, 0.1) is 6.54 Å². The quantitative estimate of drug-likeness (QED) is 0.682. The molecule has 0 saturated carbocycles. The highest BCUT2D eigenvalue weighted by molar-refractivity contribution is 5.80. The van der Waals surface area contributed by atoms with Gasteiger partial charge in [-0.05, 0) is 25.7 Å². The minimum atomic E-state index is -1.07. The van der Waals surface area contributed by atoms with Crippen LogP contribution in [0.2, 0.25) is 0 Å². The highest BCUT2D eigenvalue weighted by atomic mass is 16.4. The Balaban J connectivity index is 2.66. The zero-order valence-electron chi connectivity index (χ0n) is 10.9. The van der Waals surface area contributed by atoms with Crippen LogP contribution >= 0.6 is 0 Å². The van der Waals surface area contributed by atoms with Gasteiger partial charge in [0.15, 0.2) is 0 Å². The molecule has 1 unspecified atom stereocenters. The van der Waals surface area contributed by atoms with Crippen molar-refractivity contribution in [3.63, 3.8) is 0 Å². The number of terminal acetylenes is 1. The molecular formula is C13H20N2O4. The second-order valence-corrected chi connectivity index (χ2v) is 4.59. The second kappa shape index (κ2) is 7.64. The first-order chi connectivity index (χ1) is 9.10. The topological polar surface area (TPSA) is 81.1 Å². The van der Waals surface area contributed by atoms with Crippen molar-refractivity contribution >= 4 is 12.0 Å². The molecule has 2 N–H and O–H groups in total. The van der Waals surface area contributed by atoms with E-state index in [-0.39, 0.29) is 31.8 Å². The van der Waals surface area contributed by atoms with Crippen molar-refractivity contribution in [1.82, 2.24) is 9.80 Å². The van der Waals surface area contributed by atoms with Gasteiger partial charge in [-0.15, -0.1) is 6.42 Å². The van der Waals surface area contributed by atoms with Crippen molar-refractivity contribution in [2.45, 2.75) is 31.7 Å². The van der Waals surface area contributed by atoms with Gasteiger partial charge in [-0.3, -0.25) is 4.79 Å². The molecule has 0 aliphatic carbocycles.